The van der Waals surface area contributed by atoms with Gasteiger partial charge in [0.05, 0.1) is 0 Å². The predicted molar refractivity (Wildman–Crippen MR) is 76.5 cm³/mol. The molecule has 0 saturated heterocycles. The van der Waals surface area contributed by atoms with Gasteiger partial charge in [-0.1, -0.05) is 13.3 Å². The van der Waals surface area contributed by atoms with Crippen LogP contribution in [0.1, 0.15) is 51.5 Å². The van der Waals surface area contributed by atoms with Gasteiger partial charge in [-0.25, -0.2) is 0 Å². The maximum Gasteiger partial charge on any atom is 0.231 e. The third-order valence-corrected chi connectivity index (χ3v) is 5.28. The molecule has 3 heteroatoms. The van der Waals surface area contributed by atoms with Crippen LogP contribution in [0, 0.1) is 11.8 Å². The van der Waals surface area contributed by atoms with E-state index in [9.17, 15) is 0 Å². The molecule has 1 aromatic carbocycles. The van der Waals surface area contributed by atoms with Gasteiger partial charge in [-0.05, 0) is 44.6 Å². The van der Waals surface area contributed by atoms with E-state index in [2.05, 4.69) is 26.8 Å². The van der Waals surface area contributed by atoms with Gasteiger partial charge in [-0.15, -0.1) is 0 Å². The molecule has 3 aliphatic rings. The van der Waals surface area contributed by atoms with Crippen molar-refractivity contribution < 1.29 is 14.2 Å². The first kappa shape index (κ1) is 12.4. The van der Waals surface area contributed by atoms with Gasteiger partial charge >= 0.3 is 0 Å². The summed E-state index contributed by atoms with van der Waals surface area (Å²) in [5.74, 6) is 4.68. The van der Waals surface area contributed by atoms with E-state index in [1.165, 1.54) is 24.8 Å². The van der Waals surface area contributed by atoms with Gasteiger partial charge < -0.3 is 14.2 Å². The van der Waals surface area contributed by atoms with Crippen molar-refractivity contribution in [1.29, 1.82) is 0 Å². The van der Waals surface area contributed by atoms with Gasteiger partial charge in [-0.3, -0.25) is 0 Å². The van der Waals surface area contributed by atoms with Crippen LogP contribution in [-0.2, 0) is 0 Å². The normalized spacial score (nSPS) is 33.0. The Hall–Kier alpha value is -1.38. The zero-order valence-electron chi connectivity index (χ0n) is 12.4. The highest BCUT2D eigenvalue weighted by molar-refractivity contribution is 5.54. The molecule has 2 aliphatic heterocycles. The number of benzene rings is 1. The molecular weight excluding hydrogens is 252 g/mol. The number of hydrogen-bond donors (Lipinski definition) is 0. The number of rotatable bonds is 0. The van der Waals surface area contributed by atoms with Crippen molar-refractivity contribution in [2.24, 2.45) is 11.8 Å². The quantitative estimate of drug-likeness (QED) is 0.712. The molecule has 0 spiro atoms. The summed E-state index contributed by atoms with van der Waals surface area (Å²) >= 11 is 0. The molecule has 1 saturated carbocycles. The Bertz CT molecular complexity index is 549. The van der Waals surface area contributed by atoms with Gasteiger partial charge in [0.25, 0.3) is 0 Å². The number of ether oxygens (including phenoxy) is 3. The molecule has 3 atom stereocenters. The van der Waals surface area contributed by atoms with Crippen LogP contribution in [0.4, 0.5) is 0 Å². The second kappa shape index (κ2) is 4.06. The summed E-state index contributed by atoms with van der Waals surface area (Å²) in [6.07, 6.45) is 3.82. The lowest BCUT2D eigenvalue weighted by molar-refractivity contribution is -0.0137. The minimum absolute atomic E-state index is 0.0918. The zero-order chi connectivity index (χ0) is 13.9. The molecule has 0 radical (unpaired) electrons. The molecule has 3 nitrogen and oxygen atoms in total. The average Bonchev–Trinajstić information content (AvgIpc) is 2.83. The largest absolute Gasteiger partial charge is 0.487 e. The van der Waals surface area contributed by atoms with Crippen molar-refractivity contribution in [2.45, 2.75) is 51.6 Å². The maximum atomic E-state index is 6.31. The minimum atomic E-state index is -0.0918. The van der Waals surface area contributed by atoms with Crippen molar-refractivity contribution >= 4 is 0 Å². The summed E-state index contributed by atoms with van der Waals surface area (Å²) < 4.78 is 17.3. The molecule has 0 amide bonds. The zero-order valence-corrected chi connectivity index (χ0v) is 12.4. The van der Waals surface area contributed by atoms with Crippen molar-refractivity contribution in [3.05, 3.63) is 17.7 Å². The third kappa shape index (κ3) is 1.72. The molecule has 20 heavy (non-hydrogen) atoms. The summed E-state index contributed by atoms with van der Waals surface area (Å²) in [6, 6.07) is 4.18. The van der Waals surface area contributed by atoms with Crippen molar-refractivity contribution in [1.82, 2.24) is 0 Å². The fourth-order valence-corrected chi connectivity index (χ4v) is 4.23. The van der Waals surface area contributed by atoms with Gasteiger partial charge in [0, 0.05) is 17.5 Å². The highest BCUT2D eigenvalue weighted by Gasteiger charge is 2.46. The van der Waals surface area contributed by atoms with E-state index in [0.29, 0.717) is 18.6 Å². The molecule has 1 aromatic rings. The highest BCUT2D eigenvalue weighted by atomic mass is 16.7. The summed E-state index contributed by atoms with van der Waals surface area (Å²) in [5.41, 5.74) is 1.23. The van der Waals surface area contributed by atoms with Crippen LogP contribution < -0.4 is 14.2 Å². The lowest BCUT2D eigenvalue weighted by atomic mass is 9.64. The van der Waals surface area contributed by atoms with Gasteiger partial charge in [-0.2, -0.15) is 0 Å². The smallest absolute Gasteiger partial charge is 0.231 e. The lowest BCUT2D eigenvalue weighted by Gasteiger charge is -2.48. The first-order chi connectivity index (χ1) is 9.54. The van der Waals surface area contributed by atoms with Crippen LogP contribution in [0.3, 0.4) is 0 Å². The SMILES string of the molecule is CC1CC[C@@H]2C(C1)c1cc3c(cc1OC2(C)C)OCO3. The van der Waals surface area contributed by atoms with E-state index >= 15 is 0 Å². The standard InChI is InChI=1S/C17H22O3/c1-10-4-5-13-11(6-10)12-7-15-16(19-9-18-15)8-14(12)20-17(13,2)3/h7-8,10-11,13H,4-6,9H2,1-3H3/t10?,11?,13-/m1/s1. The number of fused-ring (bicyclic) bond motifs is 4. The summed E-state index contributed by atoms with van der Waals surface area (Å²) in [4.78, 5) is 0. The maximum absolute atomic E-state index is 6.31. The number of hydrogen-bond acceptors (Lipinski definition) is 3. The van der Waals surface area contributed by atoms with Crippen LogP contribution in [0.2, 0.25) is 0 Å². The average molecular weight is 274 g/mol. The first-order valence-corrected chi connectivity index (χ1v) is 7.67. The molecule has 1 aliphatic carbocycles. The van der Waals surface area contributed by atoms with Gasteiger partial charge in [0.15, 0.2) is 11.5 Å². The van der Waals surface area contributed by atoms with Crippen molar-refractivity contribution in [3.8, 4) is 17.2 Å². The Labute approximate surface area is 120 Å². The van der Waals surface area contributed by atoms with Crippen molar-refractivity contribution in [2.75, 3.05) is 6.79 Å². The Morgan fingerprint density at radius 1 is 1.05 bits per heavy atom. The Morgan fingerprint density at radius 3 is 2.60 bits per heavy atom. The monoisotopic (exact) mass is 274 g/mol. The predicted octanol–water partition coefficient (Wildman–Crippen LogP) is 4.11. The second-order valence-electron chi connectivity index (χ2n) is 7.08. The summed E-state index contributed by atoms with van der Waals surface area (Å²) in [5, 5.41) is 0. The van der Waals surface area contributed by atoms with Crippen LogP contribution in [-0.4, -0.2) is 12.4 Å². The van der Waals surface area contributed by atoms with Crippen LogP contribution in [0.5, 0.6) is 17.2 Å². The molecular formula is C17H22O3. The highest BCUT2D eigenvalue weighted by Crippen LogP contribution is 2.55. The Morgan fingerprint density at radius 2 is 1.80 bits per heavy atom. The van der Waals surface area contributed by atoms with E-state index in [1.807, 2.05) is 6.07 Å². The molecule has 0 bridgehead atoms. The Balaban J connectivity index is 1.82. The van der Waals surface area contributed by atoms with E-state index in [4.69, 9.17) is 14.2 Å². The molecule has 4 rings (SSSR count). The molecule has 2 unspecified atom stereocenters. The lowest BCUT2D eigenvalue weighted by Crippen LogP contribution is -2.46. The van der Waals surface area contributed by atoms with Crippen molar-refractivity contribution in [3.63, 3.8) is 0 Å². The van der Waals surface area contributed by atoms with Crippen LogP contribution in [0.15, 0.2) is 12.1 Å². The van der Waals surface area contributed by atoms with E-state index in [-0.39, 0.29) is 5.60 Å². The molecule has 108 valence electrons. The van der Waals surface area contributed by atoms with E-state index < -0.39 is 0 Å². The Kier molecular flexibility index (Phi) is 2.51. The minimum Gasteiger partial charge on any atom is -0.487 e. The topological polar surface area (TPSA) is 27.7 Å². The summed E-state index contributed by atoms with van der Waals surface area (Å²) in [6.45, 7) is 7.15. The van der Waals surface area contributed by atoms with E-state index in [1.54, 1.807) is 0 Å². The van der Waals surface area contributed by atoms with Crippen LogP contribution >= 0.6 is 0 Å². The fourth-order valence-electron chi connectivity index (χ4n) is 4.23. The van der Waals surface area contributed by atoms with Gasteiger partial charge in [0.2, 0.25) is 6.79 Å². The third-order valence-electron chi connectivity index (χ3n) is 5.28. The molecule has 2 heterocycles. The van der Waals surface area contributed by atoms with E-state index in [0.717, 1.165) is 23.2 Å². The molecule has 0 N–H and O–H groups in total. The summed E-state index contributed by atoms with van der Waals surface area (Å²) in [7, 11) is 0. The van der Waals surface area contributed by atoms with Crippen LogP contribution in [0.25, 0.3) is 0 Å². The second-order valence-corrected chi connectivity index (χ2v) is 7.08. The first-order valence-electron chi connectivity index (χ1n) is 7.67. The molecule has 1 fully saturated rings. The molecule has 0 aromatic heterocycles. The fraction of sp³-hybridized carbons (Fsp3) is 0.647. The van der Waals surface area contributed by atoms with Gasteiger partial charge in [0.1, 0.15) is 11.4 Å².